The lowest BCUT2D eigenvalue weighted by Crippen LogP contribution is -2.45. The van der Waals surface area contributed by atoms with E-state index in [9.17, 15) is 13.2 Å². The van der Waals surface area contributed by atoms with Crippen LogP contribution in [-0.2, 0) is 21.4 Å². The van der Waals surface area contributed by atoms with E-state index in [1.54, 1.807) is 36.4 Å². The second-order valence-electron chi connectivity index (χ2n) is 6.43. The minimum Gasteiger partial charge on any atom is -0.351 e. The minimum absolute atomic E-state index is 0.223. The first-order chi connectivity index (χ1) is 12.4. The summed E-state index contributed by atoms with van der Waals surface area (Å²) in [5.41, 5.74) is 1.90. The zero-order valence-electron chi connectivity index (χ0n) is 14.5. The van der Waals surface area contributed by atoms with Crippen LogP contribution in [0, 0.1) is 6.92 Å². The number of aryl methyl sites for hydroxylation is 1. The van der Waals surface area contributed by atoms with Crippen LogP contribution in [0.3, 0.4) is 0 Å². The Morgan fingerprint density at radius 1 is 1.15 bits per heavy atom. The Hall–Kier alpha value is -1.89. The van der Waals surface area contributed by atoms with E-state index in [2.05, 4.69) is 5.32 Å². The Kier molecular flexibility index (Phi) is 5.65. The topological polar surface area (TPSA) is 66.5 Å². The van der Waals surface area contributed by atoms with Gasteiger partial charge in [-0.05, 0) is 49.6 Å². The molecule has 1 amide bonds. The van der Waals surface area contributed by atoms with Crippen LogP contribution in [0.4, 0.5) is 0 Å². The summed E-state index contributed by atoms with van der Waals surface area (Å²) >= 11 is 5.85. The number of rotatable bonds is 5. The van der Waals surface area contributed by atoms with Gasteiger partial charge in [0, 0.05) is 18.1 Å². The molecule has 1 aliphatic heterocycles. The van der Waals surface area contributed by atoms with Gasteiger partial charge in [-0.15, -0.1) is 0 Å². The molecule has 0 radical (unpaired) electrons. The van der Waals surface area contributed by atoms with E-state index in [0.29, 0.717) is 31.0 Å². The van der Waals surface area contributed by atoms with Crippen LogP contribution in [0.5, 0.6) is 0 Å². The molecule has 1 N–H and O–H groups in total. The first-order valence-electron chi connectivity index (χ1n) is 8.48. The van der Waals surface area contributed by atoms with Crippen molar-refractivity contribution in [3.8, 4) is 0 Å². The van der Waals surface area contributed by atoms with Crippen molar-refractivity contribution < 1.29 is 13.2 Å². The minimum atomic E-state index is -3.68. The van der Waals surface area contributed by atoms with Gasteiger partial charge in [-0.3, -0.25) is 4.79 Å². The van der Waals surface area contributed by atoms with Gasteiger partial charge < -0.3 is 5.32 Å². The second kappa shape index (κ2) is 7.78. The van der Waals surface area contributed by atoms with E-state index in [1.807, 2.05) is 19.1 Å². The number of halogens is 1. The normalized spacial score (nSPS) is 18.0. The van der Waals surface area contributed by atoms with Crippen LogP contribution in [0.15, 0.2) is 53.4 Å². The molecule has 0 unspecified atom stereocenters. The average Bonchev–Trinajstić information content (AvgIpc) is 3.12. The molecular weight excluding hydrogens is 372 g/mol. The maximum absolute atomic E-state index is 12.9. The highest BCUT2D eigenvalue weighted by molar-refractivity contribution is 7.89. The standard InChI is InChI=1S/C19H21ClN2O3S/c1-14-4-10-17(11-5-14)26(24,25)22-12-2-3-18(22)19(23)21-13-15-6-8-16(20)9-7-15/h4-11,18H,2-3,12-13H2,1H3,(H,21,23)/t18-/m0/s1. The van der Waals surface area contributed by atoms with Gasteiger partial charge in [0.05, 0.1) is 4.90 Å². The molecule has 1 aliphatic rings. The van der Waals surface area contributed by atoms with Crippen molar-refractivity contribution in [2.75, 3.05) is 6.54 Å². The van der Waals surface area contributed by atoms with Crippen molar-refractivity contribution in [1.29, 1.82) is 0 Å². The van der Waals surface area contributed by atoms with Crippen molar-refractivity contribution >= 4 is 27.5 Å². The molecule has 3 rings (SSSR count). The van der Waals surface area contributed by atoms with Gasteiger partial charge in [0.25, 0.3) is 0 Å². The number of carbonyl (C=O) groups is 1. The maximum atomic E-state index is 12.9. The quantitative estimate of drug-likeness (QED) is 0.850. The summed E-state index contributed by atoms with van der Waals surface area (Å²) in [6.07, 6.45) is 1.20. The van der Waals surface area contributed by atoms with E-state index >= 15 is 0 Å². The summed E-state index contributed by atoms with van der Waals surface area (Å²) in [5.74, 6) is -0.270. The van der Waals surface area contributed by atoms with Gasteiger partial charge in [-0.1, -0.05) is 41.4 Å². The first kappa shape index (κ1) is 18.9. The highest BCUT2D eigenvalue weighted by Gasteiger charge is 2.39. The van der Waals surface area contributed by atoms with Gasteiger partial charge in [-0.2, -0.15) is 4.31 Å². The molecule has 0 spiro atoms. The Bertz CT molecular complexity index is 880. The number of sulfonamides is 1. The molecule has 7 heteroatoms. The van der Waals surface area contributed by atoms with Crippen LogP contribution in [0.1, 0.15) is 24.0 Å². The number of nitrogens with zero attached hydrogens (tertiary/aromatic N) is 1. The Morgan fingerprint density at radius 3 is 2.46 bits per heavy atom. The zero-order valence-corrected chi connectivity index (χ0v) is 16.1. The third-order valence-corrected chi connectivity index (χ3v) is 6.69. The van der Waals surface area contributed by atoms with Crippen LogP contribution < -0.4 is 5.32 Å². The molecular formula is C19H21ClN2O3S. The van der Waals surface area contributed by atoms with E-state index in [0.717, 1.165) is 11.1 Å². The smallest absolute Gasteiger partial charge is 0.243 e. The Labute approximate surface area is 159 Å². The molecule has 0 aliphatic carbocycles. The third kappa shape index (κ3) is 4.09. The van der Waals surface area contributed by atoms with Gasteiger partial charge in [0.15, 0.2) is 0 Å². The lowest BCUT2D eigenvalue weighted by atomic mass is 10.2. The van der Waals surface area contributed by atoms with Gasteiger partial charge in [-0.25, -0.2) is 8.42 Å². The molecule has 0 bridgehead atoms. The van der Waals surface area contributed by atoms with Crippen molar-refractivity contribution in [3.63, 3.8) is 0 Å². The lowest BCUT2D eigenvalue weighted by molar-refractivity contribution is -0.124. The van der Waals surface area contributed by atoms with Crippen molar-refractivity contribution in [1.82, 2.24) is 9.62 Å². The summed E-state index contributed by atoms with van der Waals surface area (Å²) in [7, 11) is -3.68. The molecule has 1 saturated heterocycles. The first-order valence-corrected chi connectivity index (χ1v) is 10.3. The second-order valence-corrected chi connectivity index (χ2v) is 8.76. The van der Waals surface area contributed by atoms with Crippen molar-refractivity contribution in [2.45, 2.75) is 37.2 Å². The van der Waals surface area contributed by atoms with Gasteiger partial charge in [0.2, 0.25) is 15.9 Å². The number of hydrogen-bond acceptors (Lipinski definition) is 3. The summed E-state index contributed by atoms with van der Waals surface area (Å²) in [4.78, 5) is 12.8. The molecule has 0 aromatic heterocycles. The summed E-state index contributed by atoms with van der Waals surface area (Å²) in [6.45, 7) is 2.60. The van der Waals surface area contributed by atoms with Crippen LogP contribution in [-0.4, -0.2) is 31.2 Å². The highest BCUT2D eigenvalue weighted by Crippen LogP contribution is 2.26. The number of nitrogens with one attached hydrogen (secondary N) is 1. The highest BCUT2D eigenvalue weighted by atomic mass is 35.5. The van der Waals surface area contributed by atoms with E-state index in [1.165, 1.54) is 4.31 Å². The van der Waals surface area contributed by atoms with Gasteiger partial charge in [0.1, 0.15) is 6.04 Å². The van der Waals surface area contributed by atoms with E-state index in [4.69, 9.17) is 11.6 Å². The molecule has 2 aromatic carbocycles. The summed E-state index contributed by atoms with van der Waals surface area (Å²) in [5, 5.41) is 3.47. The number of hydrogen-bond donors (Lipinski definition) is 1. The Balaban J connectivity index is 1.71. The van der Waals surface area contributed by atoms with Crippen molar-refractivity contribution in [3.05, 3.63) is 64.7 Å². The van der Waals surface area contributed by atoms with Crippen LogP contribution in [0.2, 0.25) is 5.02 Å². The molecule has 138 valence electrons. The fraction of sp³-hybridized carbons (Fsp3) is 0.316. The Morgan fingerprint density at radius 2 is 1.81 bits per heavy atom. The van der Waals surface area contributed by atoms with E-state index < -0.39 is 16.1 Å². The van der Waals surface area contributed by atoms with Crippen LogP contribution >= 0.6 is 11.6 Å². The third-order valence-electron chi connectivity index (χ3n) is 4.51. The maximum Gasteiger partial charge on any atom is 0.243 e. The summed E-state index contributed by atoms with van der Waals surface area (Å²) in [6, 6.07) is 13.2. The van der Waals surface area contributed by atoms with Crippen LogP contribution in [0.25, 0.3) is 0 Å². The van der Waals surface area contributed by atoms with E-state index in [-0.39, 0.29) is 10.8 Å². The molecule has 1 heterocycles. The number of amides is 1. The monoisotopic (exact) mass is 392 g/mol. The van der Waals surface area contributed by atoms with Crippen molar-refractivity contribution in [2.24, 2.45) is 0 Å². The average molecular weight is 393 g/mol. The fourth-order valence-corrected chi connectivity index (χ4v) is 4.83. The summed E-state index contributed by atoms with van der Waals surface area (Å²) < 4.78 is 27.1. The molecule has 2 aromatic rings. The molecule has 1 atom stereocenters. The van der Waals surface area contributed by atoms with Gasteiger partial charge >= 0.3 is 0 Å². The largest absolute Gasteiger partial charge is 0.351 e. The lowest BCUT2D eigenvalue weighted by Gasteiger charge is -2.23. The fourth-order valence-electron chi connectivity index (χ4n) is 3.04. The molecule has 1 fully saturated rings. The molecule has 0 saturated carbocycles. The predicted molar refractivity (Wildman–Crippen MR) is 101 cm³/mol. The predicted octanol–water partition coefficient (Wildman–Crippen LogP) is 3.12. The molecule has 26 heavy (non-hydrogen) atoms. The zero-order chi connectivity index (χ0) is 18.7. The SMILES string of the molecule is Cc1ccc(S(=O)(=O)N2CCC[C@H]2C(=O)NCc2ccc(Cl)cc2)cc1. The number of carbonyl (C=O) groups excluding carboxylic acids is 1. The number of benzene rings is 2. The molecule has 5 nitrogen and oxygen atoms in total.